The number of fused-ring (bicyclic) bond motifs is 1. The van der Waals surface area contributed by atoms with Crippen LogP contribution in [0.25, 0.3) is 0 Å². The summed E-state index contributed by atoms with van der Waals surface area (Å²) in [5.41, 5.74) is 3.47. The van der Waals surface area contributed by atoms with Crippen molar-refractivity contribution in [1.82, 2.24) is 5.32 Å². The molecular formula is C26H28N2O5S. The molecule has 0 saturated heterocycles. The lowest BCUT2D eigenvalue weighted by atomic mass is 10.1. The molecule has 1 N–H and O–H groups in total. The van der Waals surface area contributed by atoms with Crippen LogP contribution in [0.1, 0.15) is 16.7 Å². The summed E-state index contributed by atoms with van der Waals surface area (Å²) in [6, 6.07) is 19.4. The van der Waals surface area contributed by atoms with Crippen molar-refractivity contribution in [2.45, 2.75) is 31.8 Å². The summed E-state index contributed by atoms with van der Waals surface area (Å²) >= 11 is 0. The fourth-order valence-electron chi connectivity index (χ4n) is 3.72. The maximum Gasteiger partial charge on any atom is 0.264 e. The van der Waals surface area contributed by atoms with Crippen LogP contribution in [0.5, 0.6) is 11.5 Å². The Hall–Kier alpha value is -3.52. The predicted molar refractivity (Wildman–Crippen MR) is 131 cm³/mol. The molecule has 8 heteroatoms. The normalized spacial score (nSPS) is 15.3. The molecule has 1 heterocycles. The van der Waals surface area contributed by atoms with Crippen molar-refractivity contribution in [3.8, 4) is 11.5 Å². The van der Waals surface area contributed by atoms with Crippen molar-refractivity contribution < 1.29 is 22.7 Å². The van der Waals surface area contributed by atoms with E-state index in [0.717, 1.165) is 22.4 Å². The van der Waals surface area contributed by atoms with Crippen LogP contribution in [0.2, 0.25) is 0 Å². The molecule has 34 heavy (non-hydrogen) atoms. The lowest BCUT2D eigenvalue weighted by Gasteiger charge is -2.34. The third-order valence-electron chi connectivity index (χ3n) is 5.64. The maximum absolute atomic E-state index is 13.4. The number of hydrogen-bond donors (Lipinski definition) is 1. The zero-order valence-corrected chi connectivity index (χ0v) is 20.3. The van der Waals surface area contributed by atoms with Crippen molar-refractivity contribution in [3.63, 3.8) is 0 Å². The first-order valence-corrected chi connectivity index (χ1v) is 12.5. The first-order valence-electron chi connectivity index (χ1n) is 11.1. The van der Waals surface area contributed by atoms with E-state index < -0.39 is 22.0 Å². The predicted octanol–water partition coefficient (Wildman–Crippen LogP) is 3.76. The fraction of sp³-hybridized carbons (Fsp3) is 0.269. The summed E-state index contributed by atoms with van der Waals surface area (Å²) in [4.78, 5) is 13.0. The summed E-state index contributed by atoms with van der Waals surface area (Å²) in [6.45, 7) is 6.26. The van der Waals surface area contributed by atoms with Gasteiger partial charge in [0.1, 0.15) is 18.1 Å². The quantitative estimate of drug-likeness (QED) is 0.521. The van der Waals surface area contributed by atoms with Crippen molar-refractivity contribution in [2.24, 2.45) is 0 Å². The van der Waals surface area contributed by atoms with Gasteiger partial charge in [0.15, 0.2) is 6.10 Å². The van der Waals surface area contributed by atoms with Gasteiger partial charge in [0, 0.05) is 0 Å². The van der Waals surface area contributed by atoms with Crippen LogP contribution < -0.4 is 19.1 Å². The van der Waals surface area contributed by atoms with Gasteiger partial charge >= 0.3 is 0 Å². The van der Waals surface area contributed by atoms with Crippen molar-refractivity contribution in [2.75, 3.05) is 24.0 Å². The number of benzene rings is 3. The standard InChI is InChI=1S/C26H28N2O5S/c1-18-9-12-21(13-10-18)34(30,31)28-17-25(33-23-7-5-4-6-22(23)28)26(29)27-14-15-32-24-16-19(2)8-11-20(24)3/h4-13,16,25H,14-15,17H2,1-3H3,(H,27,29)/t25-/m1/s1. The number of anilines is 1. The average molecular weight is 481 g/mol. The highest BCUT2D eigenvalue weighted by Gasteiger charge is 2.37. The van der Waals surface area contributed by atoms with E-state index in [1.54, 1.807) is 48.5 Å². The molecule has 3 aromatic carbocycles. The van der Waals surface area contributed by atoms with E-state index in [0.29, 0.717) is 11.4 Å². The molecule has 1 aliphatic heterocycles. The Morgan fingerprint density at radius 2 is 1.74 bits per heavy atom. The molecule has 7 nitrogen and oxygen atoms in total. The second kappa shape index (κ2) is 9.77. The average Bonchev–Trinajstić information content (AvgIpc) is 2.83. The first kappa shape index (κ1) is 23.6. The number of ether oxygens (including phenoxy) is 2. The molecule has 0 unspecified atom stereocenters. The van der Waals surface area contributed by atoms with Crippen molar-refractivity contribution in [1.29, 1.82) is 0 Å². The van der Waals surface area contributed by atoms with Crippen LogP contribution in [0.15, 0.2) is 71.6 Å². The van der Waals surface area contributed by atoms with E-state index in [-0.39, 0.29) is 24.6 Å². The molecule has 0 aromatic heterocycles. The summed E-state index contributed by atoms with van der Waals surface area (Å²) in [5, 5.41) is 2.80. The molecule has 3 aromatic rings. The minimum atomic E-state index is -3.88. The lowest BCUT2D eigenvalue weighted by Crippen LogP contribution is -2.51. The van der Waals surface area contributed by atoms with Gasteiger partial charge in [0.2, 0.25) is 0 Å². The third kappa shape index (κ3) is 5.02. The van der Waals surface area contributed by atoms with Gasteiger partial charge in [-0.25, -0.2) is 8.42 Å². The molecule has 0 fully saturated rings. The topological polar surface area (TPSA) is 84.9 Å². The monoisotopic (exact) mass is 480 g/mol. The molecule has 0 aliphatic carbocycles. The second-order valence-corrected chi connectivity index (χ2v) is 10.2. The largest absolute Gasteiger partial charge is 0.491 e. The number of para-hydroxylation sites is 2. The Balaban J connectivity index is 1.46. The number of hydrogen-bond acceptors (Lipinski definition) is 5. The van der Waals surface area contributed by atoms with E-state index in [1.165, 1.54) is 4.31 Å². The molecular weight excluding hydrogens is 452 g/mol. The van der Waals surface area contributed by atoms with Crippen LogP contribution in [-0.2, 0) is 14.8 Å². The van der Waals surface area contributed by atoms with E-state index in [1.807, 2.05) is 39.0 Å². The Labute approximate surface area is 200 Å². The van der Waals surface area contributed by atoms with Gasteiger partial charge in [-0.05, 0) is 62.2 Å². The lowest BCUT2D eigenvalue weighted by molar-refractivity contribution is -0.127. The minimum absolute atomic E-state index is 0.128. The number of sulfonamides is 1. The SMILES string of the molecule is Cc1ccc(S(=O)(=O)N2C[C@H](C(=O)NCCOc3cc(C)ccc3C)Oc3ccccc32)cc1. The van der Waals surface area contributed by atoms with Crippen LogP contribution in [0.4, 0.5) is 5.69 Å². The number of aryl methyl sites for hydroxylation is 3. The van der Waals surface area contributed by atoms with Gasteiger partial charge in [-0.15, -0.1) is 0 Å². The van der Waals surface area contributed by atoms with Crippen LogP contribution >= 0.6 is 0 Å². The summed E-state index contributed by atoms with van der Waals surface area (Å²) < 4.78 is 39.8. The van der Waals surface area contributed by atoms with E-state index in [4.69, 9.17) is 9.47 Å². The van der Waals surface area contributed by atoms with Crippen LogP contribution in [0.3, 0.4) is 0 Å². The number of nitrogens with one attached hydrogen (secondary N) is 1. The molecule has 0 spiro atoms. The van der Waals surface area contributed by atoms with Gasteiger partial charge in [-0.1, -0.05) is 42.0 Å². The zero-order valence-electron chi connectivity index (χ0n) is 19.4. The smallest absolute Gasteiger partial charge is 0.264 e. The molecule has 0 saturated carbocycles. The summed E-state index contributed by atoms with van der Waals surface area (Å²) in [6.07, 6.45) is -0.990. The minimum Gasteiger partial charge on any atom is -0.491 e. The van der Waals surface area contributed by atoms with E-state index >= 15 is 0 Å². The molecule has 1 amide bonds. The Morgan fingerprint density at radius 3 is 2.50 bits per heavy atom. The van der Waals surface area contributed by atoms with Gasteiger partial charge in [0.05, 0.1) is 23.7 Å². The number of nitrogens with zero attached hydrogens (tertiary/aromatic N) is 1. The Morgan fingerprint density at radius 1 is 1.03 bits per heavy atom. The Kier molecular flexibility index (Phi) is 6.79. The molecule has 4 rings (SSSR count). The third-order valence-corrected chi connectivity index (χ3v) is 7.43. The fourth-order valence-corrected chi connectivity index (χ4v) is 5.19. The molecule has 0 bridgehead atoms. The van der Waals surface area contributed by atoms with Gasteiger partial charge in [0.25, 0.3) is 15.9 Å². The summed E-state index contributed by atoms with van der Waals surface area (Å²) in [5.74, 6) is 0.715. The van der Waals surface area contributed by atoms with Crippen molar-refractivity contribution in [3.05, 3.63) is 83.4 Å². The summed E-state index contributed by atoms with van der Waals surface area (Å²) in [7, 11) is -3.88. The highest BCUT2D eigenvalue weighted by Crippen LogP contribution is 2.36. The van der Waals surface area contributed by atoms with Crippen molar-refractivity contribution >= 4 is 21.6 Å². The number of carbonyl (C=O) groups is 1. The molecule has 1 atom stereocenters. The highest BCUT2D eigenvalue weighted by atomic mass is 32.2. The van der Waals surface area contributed by atoms with Gasteiger partial charge < -0.3 is 14.8 Å². The second-order valence-electron chi connectivity index (χ2n) is 8.33. The van der Waals surface area contributed by atoms with Crippen LogP contribution in [-0.4, -0.2) is 40.1 Å². The maximum atomic E-state index is 13.4. The highest BCUT2D eigenvalue weighted by molar-refractivity contribution is 7.92. The first-order chi connectivity index (χ1) is 16.3. The van der Waals surface area contributed by atoms with E-state index in [9.17, 15) is 13.2 Å². The molecule has 0 radical (unpaired) electrons. The van der Waals surface area contributed by atoms with Crippen LogP contribution in [0, 0.1) is 20.8 Å². The van der Waals surface area contributed by atoms with Gasteiger partial charge in [-0.3, -0.25) is 9.10 Å². The number of amides is 1. The Bertz CT molecular complexity index is 1290. The molecule has 178 valence electrons. The number of rotatable bonds is 7. The van der Waals surface area contributed by atoms with E-state index in [2.05, 4.69) is 5.32 Å². The number of carbonyl (C=O) groups excluding carboxylic acids is 1. The molecule has 1 aliphatic rings. The zero-order chi connectivity index (χ0) is 24.3. The van der Waals surface area contributed by atoms with Gasteiger partial charge in [-0.2, -0.15) is 0 Å².